The molecule has 0 atom stereocenters. The minimum Gasteiger partial charge on any atom is -0.326 e. The fourth-order valence-electron chi connectivity index (χ4n) is 2.65. The Kier molecular flexibility index (Phi) is 3.83. The van der Waals surface area contributed by atoms with Crippen LogP contribution in [0, 0.1) is 12.8 Å². The first-order valence-electron chi connectivity index (χ1n) is 7.32. The quantitative estimate of drug-likeness (QED) is 0.785. The van der Waals surface area contributed by atoms with Crippen molar-refractivity contribution >= 4 is 22.4 Å². The van der Waals surface area contributed by atoms with E-state index in [2.05, 4.69) is 54.3 Å². The van der Waals surface area contributed by atoms with Crippen molar-refractivity contribution in [2.24, 2.45) is 11.7 Å². The second-order valence-corrected chi connectivity index (χ2v) is 6.68. The standard InChI is InChI=1S/C17H21N3S/c1-11(2)8-20-16-5-4-13(7-18)6-15(16)19-17(20)14-10-21-9-12(14)3/h4-6,9-11H,7-8,18H2,1-3H3. The van der Waals surface area contributed by atoms with E-state index in [0.29, 0.717) is 12.5 Å². The SMILES string of the molecule is Cc1cscc1-c1nc2cc(CN)ccc2n1CC(C)C. The summed E-state index contributed by atoms with van der Waals surface area (Å²) in [7, 11) is 0. The number of nitrogens with zero attached hydrogens (tertiary/aromatic N) is 2. The van der Waals surface area contributed by atoms with Crippen molar-refractivity contribution in [1.82, 2.24) is 9.55 Å². The minimum atomic E-state index is 0.555. The van der Waals surface area contributed by atoms with Crippen molar-refractivity contribution in [1.29, 1.82) is 0 Å². The highest BCUT2D eigenvalue weighted by atomic mass is 32.1. The smallest absolute Gasteiger partial charge is 0.142 e. The van der Waals surface area contributed by atoms with E-state index in [0.717, 1.165) is 23.4 Å². The molecular weight excluding hydrogens is 278 g/mol. The van der Waals surface area contributed by atoms with Gasteiger partial charge in [-0.05, 0) is 41.5 Å². The van der Waals surface area contributed by atoms with Gasteiger partial charge in [-0.15, -0.1) is 0 Å². The second-order valence-electron chi connectivity index (χ2n) is 5.94. The maximum absolute atomic E-state index is 5.75. The lowest BCUT2D eigenvalue weighted by Gasteiger charge is -2.11. The summed E-state index contributed by atoms with van der Waals surface area (Å²) in [6.45, 7) is 8.16. The summed E-state index contributed by atoms with van der Waals surface area (Å²) in [5, 5.41) is 4.37. The largest absolute Gasteiger partial charge is 0.326 e. The number of imidazole rings is 1. The Labute approximate surface area is 129 Å². The van der Waals surface area contributed by atoms with Crippen LogP contribution in [0.15, 0.2) is 29.0 Å². The van der Waals surface area contributed by atoms with Crippen LogP contribution >= 0.6 is 11.3 Å². The molecule has 0 aliphatic rings. The molecule has 3 nitrogen and oxygen atoms in total. The van der Waals surface area contributed by atoms with Gasteiger partial charge in [0.1, 0.15) is 5.82 Å². The van der Waals surface area contributed by atoms with E-state index in [-0.39, 0.29) is 0 Å². The number of aromatic nitrogens is 2. The van der Waals surface area contributed by atoms with Gasteiger partial charge in [-0.3, -0.25) is 0 Å². The highest BCUT2D eigenvalue weighted by molar-refractivity contribution is 7.08. The first kappa shape index (κ1) is 14.3. The number of thiophene rings is 1. The predicted molar refractivity (Wildman–Crippen MR) is 90.5 cm³/mol. The van der Waals surface area contributed by atoms with Gasteiger partial charge in [0.15, 0.2) is 0 Å². The van der Waals surface area contributed by atoms with Crippen molar-refractivity contribution in [3.63, 3.8) is 0 Å². The maximum Gasteiger partial charge on any atom is 0.142 e. The fourth-order valence-corrected chi connectivity index (χ4v) is 3.47. The molecule has 0 unspecified atom stereocenters. The molecule has 3 rings (SSSR count). The summed E-state index contributed by atoms with van der Waals surface area (Å²) in [4.78, 5) is 4.89. The summed E-state index contributed by atoms with van der Waals surface area (Å²) in [5.74, 6) is 1.65. The molecule has 0 saturated heterocycles. The lowest BCUT2D eigenvalue weighted by Crippen LogP contribution is -2.06. The van der Waals surface area contributed by atoms with E-state index in [1.165, 1.54) is 16.6 Å². The molecular formula is C17H21N3S. The van der Waals surface area contributed by atoms with Crippen LogP contribution in [0.2, 0.25) is 0 Å². The molecule has 0 bridgehead atoms. The van der Waals surface area contributed by atoms with Gasteiger partial charge in [0, 0.05) is 24.0 Å². The van der Waals surface area contributed by atoms with E-state index in [9.17, 15) is 0 Å². The third-order valence-electron chi connectivity index (χ3n) is 3.69. The third kappa shape index (κ3) is 2.61. The van der Waals surface area contributed by atoms with Gasteiger partial charge in [0.05, 0.1) is 11.0 Å². The first-order valence-corrected chi connectivity index (χ1v) is 8.27. The Bertz CT molecular complexity index is 768. The van der Waals surface area contributed by atoms with E-state index >= 15 is 0 Å². The third-order valence-corrected chi connectivity index (χ3v) is 4.55. The van der Waals surface area contributed by atoms with Crippen LogP contribution in [0.4, 0.5) is 0 Å². The van der Waals surface area contributed by atoms with Crippen LogP contribution in [0.25, 0.3) is 22.4 Å². The summed E-state index contributed by atoms with van der Waals surface area (Å²) in [6, 6.07) is 6.36. The van der Waals surface area contributed by atoms with Gasteiger partial charge in [-0.2, -0.15) is 11.3 Å². The van der Waals surface area contributed by atoms with Gasteiger partial charge >= 0.3 is 0 Å². The zero-order chi connectivity index (χ0) is 15.0. The summed E-state index contributed by atoms with van der Waals surface area (Å²) in [5.41, 5.74) is 11.7. The van der Waals surface area contributed by atoms with Gasteiger partial charge in [-0.25, -0.2) is 4.98 Å². The van der Waals surface area contributed by atoms with Crippen molar-refractivity contribution in [3.8, 4) is 11.4 Å². The van der Waals surface area contributed by atoms with E-state index in [1.807, 2.05) is 0 Å². The Morgan fingerprint density at radius 3 is 2.71 bits per heavy atom. The van der Waals surface area contributed by atoms with Gasteiger partial charge < -0.3 is 10.3 Å². The lowest BCUT2D eigenvalue weighted by molar-refractivity contribution is 0.536. The van der Waals surface area contributed by atoms with Crippen molar-refractivity contribution in [2.45, 2.75) is 33.9 Å². The number of nitrogens with two attached hydrogens (primary N) is 1. The molecule has 0 aliphatic heterocycles. The highest BCUT2D eigenvalue weighted by Gasteiger charge is 2.16. The molecule has 2 aromatic heterocycles. The highest BCUT2D eigenvalue weighted by Crippen LogP contribution is 2.30. The summed E-state index contributed by atoms with van der Waals surface area (Å²) < 4.78 is 2.34. The second kappa shape index (κ2) is 5.62. The molecule has 1 aromatic carbocycles. The molecule has 110 valence electrons. The summed E-state index contributed by atoms with van der Waals surface area (Å²) in [6.07, 6.45) is 0. The van der Waals surface area contributed by atoms with Crippen LogP contribution in [0.1, 0.15) is 25.0 Å². The molecule has 4 heteroatoms. The molecule has 0 amide bonds. The maximum atomic E-state index is 5.75. The zero-order valence-corrected chi connectivity index (χ0v) is 13.6. The fraction of sp³-hybridized carbons (Fsp3) is 0.353. The van der Waals surface area contributed by atoms with Gasteiger partial charge in [0.2, 0.25) is 0 Å². The number of aryl methyl sites for hydroxylation is 1. The number of rotatable bonds is 4. The van der Waals surface area contributed by atoms with Crippen molar-refractivity contribution < 1.29 is 0 Å². The van der Waals surface area contributed by atoms with Crippen molar-refractivity contribution in [2.75, 3.05) is 0 Å². The number of hydrogen-bond acceptors (Lipinski definition) is 3. The summed E-state index contributed by atoms with van der Waals surface area (Å²) >= 11 is 1.73. The normalized spacial score (nSPS) is 11.7. The van der Waals surface area contributed by atoms with Gasteiger partial charge in [0.25, 0.3) is 0 Å². The van der Waals surface area contributed by atoms with E-state index < -0.39 is 0 Å². The molecule has 0 radical (unpaired) electrons. The average Bonchev–Trinajstić information content (AvgIpc) is 3.02. The Balaban J connectivity index is 2.24. The van der Waals surface area contributed by atoms with Crippen molar-refractivity contribution in [3.05, 3.63) is 40.1 Å². The molecule has 2 heterocycles. The minimum absolute atomic E-state index is 0.555. The Morgan fingerprint density at radius 2 is 2.10 bits per heavy atom. The molecule has 0 fully saturated rings. The molecule has 3 aromatic rings. The van der Waals surface area contributed by atoms with Crippen LogP contribution in [-0.2, 0) is 13.1 Å². The van der Waals surface area contributed by atoms with Crippen LogP contribution < -0.4 is 5.73 Å². The Hall–Kier alpha value is -1.65. The molecule has 21 heavy (non-hydrogen) atoms. The predicted octanol–water partition coefficient (Wildman–Crippen LogP) is 4.19. The lowest BCUT2D eigenvalue weighted by atomic mass is 10.1. The molecule has 0 saturated carbocycles. The number of fused-ring (bicyclic) bond motifs is 1. The zero-order valence-electron chi connectivity index (χ0n) is 12.8. The van der Waals surface area contributed by atoms with E-state index in [1.54, 1.807) is 11.3 Å². The average molecular weight is 299 g/mol. The molecule has 2 N–H and O–H groups in total. The van der Waals surface area contributed by atoms with Gasteiger partial charge in [-0.1, -0.05) is 19.9 Å². The molecule has 0 spiro atoms. The van der Waals surface area contributed by atoms with Crippen LogP contribution in [0.3, 0.4) is 0 Å². The molecule has 0 aliphatic carbocycles. The Morgan fingerprint density at radius 1 is 1.29 bits per heavy atom. The topological polar surface area (TPSA) is 43.8 Å². The monoisotopic (exact) mass is 299 g/mol. The first-order chi connectivity index (χ1) is 10.1. The number of benzene rings is 1. The van der Waals surface area contributed by atoms with Crippen LogP contribution in [0.5, 0.6) is 0 Å². The van der Waals surface area contributed by atoms with Crippen LogP contribution in [-0.4, -0.2) is 9.55 Å². The van der Waals surface area contributed by atoms with E-state index in [4.69, 9.17) is 10.7 Å². The number of hydrogen-bond donors (Lipinski definition) is 1.